The second kappa shape index (κ2) is 12.8. The number of fused-ring (bicyclic) bond motifs is 1. The molecule has 1 aliphatic heterocycles. The van der Waals surface area contributed by atoms with E-state index in [-0.39, 0.29) is 36.6 Å². The Morgan fingerprint density at radius 3 is 2.67 bits per heavy atom. The molecule has 45 heavy (non-hydrogen) atoms. The number of rotatable bonds is 9. The number of pyridine rings is 1. The standard InChI is InChI=1S/C29H32F4N8O4/c1-3-15(2)44-28(43)45-22-9-18(30)17(8-19(22)31)20-7-16(11-41-14-39-23-26(34)37-13-38-27(23)41)21(10-36-20)40-6-4-5-29(35,12-40)24(42)25(32)33/h7-10,13-15,24-25,42H,3-6,11-12,35H2,1-2H3,(H2,34,37,38)/t15?,24-,29-/m1/s1. The number of imidazole rings is 1. The number of aliphatic hydroxyl groups is 1. The second-order valence-electron chi connectivity index (χ2n) is 11.0. The number of benzene rings is 1. The lowest BCUT2D eigenvalue weighted by atomic mass is 9.84. The van der Waals surface area contributed by atoms with Crippen LogP contribution in [0.15, 0.2) is 37.1 Å². The van der Waals surface area contributed by atoms with Crippen LogP contribution in [0, 0.1) is 11.6 Å². The number of ether oxygens (including phenoxy) is 2. The molecule has 16 heteroatoms. The van der Waals surface area contributed by atoms with E-state index in [0.29, 0.717) is 41.8 Å². The molecule has 0 spiro atoms. The van der Waals surface area contributed by atoms with Crippen LogP contribution in [0.4, 0.5) is 33.9 Å². The zero-order chi connectivity index (χ0) is 32.5. The van der Waals surface area contributed by atoms with Gasteiger partial charge in [-0.05, 0) is 43.9 Å². The summed E-state index contributed by atoms with van der Waals surface area (Å²) in [6, 6.07) is 3.08. The van der Waals surface area contributed by atoms with Gasteiger partial charge in [-0.3, -0.25) is 4.98 Å². The number of nitrogens with zero attached hydrogens (tertiary/aromatic N) is 6. The first-order valence-corrected chi connectivity index (χ1v) is 14.2. The zero-order valence-electron chi connectivity index (χ0n) is 24.5. The third-order valence-corrected chi connectivity index (χ3v) is 7.82. The van der Waals surface area contributed by atoms with Crippen molar-refractivity contribution in [2.75, 3.05) is 23.7 Å². The summed E-state index contributed by atoms with van der Waals surface area (Å²) in [7, 11) is 0. The van der Waals surface area contributed by atoms with Crippen molar-refractivity contribution in [1.82, 2.24) is 24.5 Å². The Morgan fingerprint density at radius 2 is 1.93 bits per heavy atom. The number of hydrogen-bond acceptors (Lipinski definition) is 11. The molecular formula is C29H32F4N8O4. The van der Waals surface area contributed by atoms with Crippen LogP contribution in [-0.2, 0) is 11.3 Å². The van der Waals surface area contributed by atoms with Crippen molar-refractivity contribution < 1.29 is 36.9 Å². The van der Waals surface area contributed by atoms with Crippen molar-refractivity contribution in [1.29, 1.82) is 0 Å². The minimum absolute atomic E-state index is 0.0288. The van der Waals surface area contributed by atoms with Crippen molar-refractivity contribution in [2.24, 2.45) is 5.73 Å². The number of anilines is 2. The van der Waals surface area contributed by atoms with Crippen LogP contribution in [-0.4, -0.2) is 73.0 Å². The summed E-state index contributed by atoms with van der Waals surface area (Å²) in [6.45, 7) is 3.78. The first-order valence-electron chi connectivity index (χ1n) is 14.2. The van der Waals surface area contributed by atoms with Gasteiger partial charge in [-0.25, -0.2) is 37.3 Å². The summed E-state index contributed by atoms with van der Waals surface area (Å²) >= 11 is 0. The molecule has 4 aromatic rings. The first-order chi connectivity index (χ1) is 21.4. The maximum Gasteiger partial charge on any atom is 0.514 e. The van der Waals surface area contributed by atoms with Crippen molar-refractivity contribution in [3.05, 3.63) is 54.2 Å². The lowest BCUT2D eigenvalue weighted by molar-refractivity contribution is -0.0529. The van der Waals surface area contributed by atoms with Gasteiger partial charge in [0.15, 0.2) is 23.0 Å². The molecule has 5 rings (SSSR count). The predicted molar refractivity (Wildman–Crippen MR) is 156 cm³/mol. The molecule has 3 atom stereocenters. The van der Waals surface area contributed by atoms with E-state index in [1.54, 1.807) is 23.3 Å². The summed E-state index contributed by atoms with van der Waals surface area (Å²) < 4.78 is 68.9. The highest BCUT2D eigenvalue weighted by Crippen LogP contribution is 2.35. The van der Waals surface area contributed by atoms with Gasteiger partial charge in [0, 0.05) is 24.7 Å². The minimum atomic E-state index is -3.04. The molecule has 0 bridgehead atoms. The number of aromatic nitrogens is 5. The summed E-state index contributed by atoms with van der Waals surface area (Å²) in [5.74, 6) is -2.46. The second-order valence-corrected chi connectivity index (χ2v) is 11.0. The van der Waals surface area contributed by atoms with E-state index in [2.05, 4.69) is 19.9 Å². The Morgan fingerprint density at radius 1 is 1.16 bits per heavy atom. The van der Waals surface area contributed by atoms with Crippen molar-refractivity contribution >= 4 is 28.8 Å². The van der Waals surface area contributed by atoms with Crippen LogP contribution < -0.4 is 21.1 Å². The van der Waals surface area contributed by atoms with Gasteiger partial charge in [0.1, 0.15) is 29.9 Å². The van der Waals surface area contributed by atoms with Crippen molar-refractivity contribution in [3.8, 4) is 17.0 Å². The third-order valence-electron chi connectivity index (χ3n) is 7.82. The van der Waals surface area contributed by atoms with Gasteiger partial charge in [0.2, 0.25) is 0 Å². The van der Waals surface area contributed by atoms with Gasteiger partial charge < -0.3 is 35.5 Å². The fraction of sp³-hybridized carbons (Fsp3) is 0.414. The van der Waals surface area contributed by atoms with Gasteiger partial charge in [-0.2, -0.15) is 0 Å². The van der Waals surface area contributed by atoms with E-state index in [1.165, 1.54) is 24.9 Å². The van der Waals surface area contributed by atoms with Gasteiger partial charge >= 0.3 is 6.16 Å². The zero-order valence-corrected chi connectivity index (χ0v) is 24.5. The maximum atomic E-state index is 15.4. The number of halogens is 4. The van der Waals surface area contributed by atoms with Gasteiger partial charge in [0.05, 0.1) is 36.0 Å². The lowest BCUT2D eigenvalue weighted by Gasteiger charge is -2.44. The molecule has 0 radical (unpaired) electrons. The summed E-state index contributed by atoms with van der Waals surface area (Å²) in [5, 5.41) is 10.2. The highest BCUT2D eigenvalue weighted by molar-refractivity contribution is 5.81. The van der Waals surface area contributed by atoms with Gasteiger partial charge in [-0.15, -0.1) is 0 Å². The van der Waals surface area contributed by atoms with Crippen LogP contribution in [0.3, 0.4) is 0 Å². The Kier molecular flexibility index (Phi) is 9.06. The van der Waals surface area contributed by atoms with E-state index in [0.717, 1.165) is 12.1 Å². The SMILES string of the molecule is CCC(C)OC(=O)Oc1cc(F)c(-c2cc(Cn3cnc4c(N)ncnc43)c(N3CCC[C@](N)([C@H](O)C(F)F)C3)cn2)cc1F. The Labute approximate surface area is 255 Å². The molecule has 0 aliphatic carbocycles. The molecule has 1 saturated heterocycles. The number of carbonyl (C=O) groups excluding carboxylic acids is 1. The van der Waals surface area contributed by atoms with Crippen LogP contribution in [0.5, 0.6) is 5.75 Å². The van der Waals surface area contributed by atoms with Crippen molar-refractivity contribution in [3.63, 3.8) is 0 Å². The van der Waals surface area contributed by atoms with Crippen LogP contribution in [0.2, 0.25) is 0 Å². The van der Waals surface area contributed by atoms with Crippen LogP contribution in [0.25, 0.3) is 22.4 Å². The molecule has 1 aliphatic rings. The largest absolute Gasteiger partial charge is 0.514 e. The predicted octanol–water partition coefficient (Wildman–Crippen LogP) is 4.03. The molecular weight excluding hydrogens is 600 g/mol. The van der Waals surface area contributed by atoms with E-state index in [4.69, 9.17) is 20.9 Å². The quantitative estimate of drug-likeness (QED) is 0.138. The normalized spacial score (nSPS) is 18.3. The minimum Gasteiger partial charge on any atom is -0.431 e. The average Bonchev–Trinajstić information content (AvgIpc) is 3.42. The van der Waals surface area contributed by atoms with Gasteiger partial charge in [-0.1, -0.05) is 6.92 Å². The monoisotopic (exact) mass is 632 g/mol. The van der Waals surface area contributed by atoms with E-state index >= 15 is 8.78 Å². The Balaban J connectivity index is 1.53. The molecule has 3 aromatic heterocycles. The third kappa shape index (κ3) is 6.61. The van der Waals surface area contributed by atoms with Crippen LogP contribution in [0.1, 0.15) is 38.7 Å². The van der Waals surface area contributed by atoms with Crippen molar-refractivity contribution in [2.45, 2.75) is 63.8 Å². The number of aliphatic hydroxyl groups excluding tert-OH is 1. The molecule has 0 amide bonds. The molecule has 5 N–H and O–H groups in total. The fourth-order valence-electron chi connectivity index (χ4n) is 5.22. The summed E-state index contributed by atoms with van der Waals surface area (Å²) in [6.07, 6.45) is -1.53. The van der Waals surface area contributed by atoms with E-state index in [1.807, 2.05) is 0 Å². The van der Waals surface area contributed by atoms with Gasteiger partial charge in [0.25, 0.3) is 6.43 Å². The molecule has 1 fully saturated rings. The number of piperidine rings is 1. The Bertz CT molecular complexity index is 1710. The number of nitrogens with two attached hydrogens (primary N) is 2. The topological polar surface area (TPSA) is 168 Å². The Hall–Kier alpha value is -4.57. The molecule has 4 heterocycles. The summed E-state index contributed by atoms with van der Waals surface area (Å²) in [4.78, 5) is 30.5. The highest BCUT2D eigenvalue weighted by Gasteiger charge is 2.43. The average molecular weight is 633 g/mol. The number of alkyl halides is 2. The summed E-state index contributed by atoms with van der Waals surface area (Å²) in [5.41, 5.74) is 12.1. The molecule has 1 unspecified atom stereocenters. The molecule has 0 saturated carbocycles. The number of carbonyl (C=O) groups is 1. The van der Waals surface area contributed by atoms with E-state index in [9.17, 15) is 18.7 Å². The first kappa shape index (κ1) is 31.8. The van der Waals surface area contributed by atoms with E-state index < -0.39 is 47.7 Å². The smallest absolute Gasteiger partial charge is 0.431 e. The maximum absolute atomic E-state index is 15.4. The molecule has 1 aromatic carbocycles. The number of hydrogen-bond donors (Lipinski definition) is 3. The fourth-order valence-corrected chi connectivity index (χ4v) is 5.22. The molecule has 240 valence electrons. The molecule has 12 nitrogen and oxygen atoms in total. The van der Waals surface area contributed by atoms with Crippen LogP contribution >= 0.6 is 0 Å². The lowest BCUT2D eigenvalue weighted by Crippen LogP contribution is -2.63. The number of nitrogen functional groups attached to an aromatic ring is 1. The highest BCUT2D eigenvalue weighted by atomic mass is 19.3.